The molecule has 6 nitrogen and oxygen atoms in total. The number of nitrogens with one attached hydrogen (secondary N) is 2. The number of carbonyl (C=O) groups is 1. The number of anilines is 1. The summed E-state index contributed by atoms with van der Waals surface area (Å²) in [5.74, 6) is 0.652. The number of nitrogens with zero attached hydrogens (tertiary/aromatic N) is 3. The first kappa shape index (κ1) is 21.3. The highest BCUT2D eigenvalue weighted by atomic mass is 19.4. The van der Waals surface area contributed by atoms with E-state index in [2.05, 4.69) is 32.3 Å². The van der Waals surface area contributed by atoms with E-state index in [1.54, 1.807) is 13.0 Å². The van der Waals surface area contributed by atoms with Crippen molar-refractivity contribution in [2.75, 3.05) is 18.4 Å². The van der Waals surface area contributed by atoms with Gasteiger partial charge in [0.1, 0.15) is 11.5 Å². The molecular formula is C20H26F3N5O. The lowest BCUT2D eigenvalue weighted by Gasteiger charge is -2.36. The predicted molar refractivity (Wildman–Crippen MR) is 103 cm³/mol. The monoisotopic (exact) mass is 409 g/mol. The maximum Gasteiger partial charge on any atom is 0.433 e. The number of carbonyl (C=O) groups excluding carboxylic acids is 1. The maximum absolute atomic E-state index is 13.1. The van der Waals surface area contributed by atoms with Crippen molar-refractivity contribution >= 4 is 11.7 Å². The molecule has 0 radical (unpaired) electrons. The summed E-state index contributed by atoms with van der Waals surface area (Å²) >= 11 is 0. The number of halogens is 3. The standard InChI is InChI=1S/C20H26F3N5O/c1-12-7-16(9-18(24-12)20(21,22)23)8-15-5-4-6-28(11-15)13(2)17-10-19(27-26-17)25-14(3)29/h7,9-10,13,15H,4-6,8,11H2,1-3H3,(H2,25,26,27,29)/t13?,15-/m1/s1. The van der Waals surface area contributed by atoms with Crippen molar-refractivity contribution in [3.63, 3.8) is 0 Å². The van der Waals surface area contributed by atoms with Crippen molar-refractivity contribution < 1.29 is 18.0 Å². The van der Waals surface area contributed by atoms with Gasteiger partial charge in [0.2, 0.25) is 5.91 Å². The number of hydrogen-bond acceptors (Lipinski definition) is 4. The molecule has 2 aromatic rings. The minimum Gasteiger partial charge on any atom is -0.311 e. The minimum absolute atomic E-state index is 0.0430. The highest BCUT2D eigenvalue weighted by Gasteiger charge is 2.33. The molecule has 9 heteroatoms. The fourth-order valence-corrected chi connectivity index (χ4v) is 3.94. The number of piperidine rings is 1. The third-order valence-corrected chi connectivity index (χ3v) is 5.26. The van der Waals surface area contributed by atoms with Crippen molar-refractivity contribution in [2.45, 2.75) is 52.3 Å². The van der Waals surface area contributed by atoms with Gasteiger partial charge < -0.3 is 5.32 Å². The van der Waals surface area contributed by atoms with Crippen molar-refractivity contribution in [1.82, 2.24) is 20.1 Å². The van der Waals surface area contributed by atoms with E-state index in [1.807, 2.05) is 6.07 Å². The Kier molecular flexibility index (Phi) is 6.26. The molecule has 2 N–H and O–H groups in total. The summed E-state index contributed by atoms with van der Waals surface area (Å²) < 4.78 is 39.2. The van der Waals surface area contributed by atoms with Gasteiger partial charge in [-0.25, -0.2) is 4.98 Å². The Hall–Kier alpha value is -2.42. The Bertz CT molecular complexity index is 864. The summed E-state index contributed by atoms with van der Waals surface area (Å²) in [7, 11) is 0. The molecular weight excluding hydrogens is 383 g/mol. The fourth-order valence-electron chi connectivity index (χ4n) is 3.94. The normalized spacial score (nSPS) is 19.2. The van der Waals surface area contributed by atoms with Crippen LogP contribution in [-0.2, 0) is 17.4 Å². The Morgan fingerprint density at radius 1 is 1.38 bits per heavy atom. The number of amides is 1. The topological polar surface area (TPSA) is 73.9 Å². The molecule has 1 fully saturated rings. The number of hydrogen-bond donors (Lipinski definition) is 2. The average molecular weight is 409 g/mol. The van der Waals surface area contributed by atoms with E-state index in [0.717, 1.165) is 31.6 Å². The Labute approximate surface area is 167 Å². The number of aryl methyl sites for hydroxylation is 1. The molecule has 3 heterocycles. The molecule has 0 bridgehead atoms. The van der Waals surface area contributed by atoms with Crippen molar-refractivity contribution in [2.24, 2.45) is 5.92 Å². The summed E-state index contributed by atoms with van der Waals surface area (Å²) in [6.45, 7) is 6.77. The lowest BCUT2D eigenvalue weighted by atomic mass is 9.90. The number of H-pyrrole nitrogens is 1. The highest BCUT2D eigenvalue weighted by Crippen LogP contribution is 2.31. The van der Waals surface area contributed by atoms with Gasteiger partial charge in [0, 0.05) is 25.2 Å². The van der Waals surface area contributed by atoms with E-state index in [0.29, 0.717) is 23.5 Å². The van der Waals surface area contributed by atoms with Crippen LogP contribution in [0.1, 0.15) is 55.4 Å². The highest BCUT2D eigenvalue weighted by molar-refractivity contribution is 5.87. The van der Waals surface area contributed by atoms with Gasteiger partial charge in [0.05, 0.1) is 11.7 Å². The smallest absolute Gasteiger partial charge is 0.311 e. The number of pyridine rings is 1. The second kappa shape index (κ2) is 8.52. The first-order valence-corrected chi connectivity index (χ1v) is 9.73. The molecule has 2 aromatic heterocycles. The summed E-state index contributed by atoms with van der Waals surface area (Å²) in [5, 5.41) is 9.78. The lowest BCUT2D eigenvalue weighted by Crippen LogP contribution is -2.38. The first-order valence-electron chi connectivity index (χ1n) is 9.73. The average Bonchev–Trinajstić information content (AvgIpc) is 3.07. The third kappa shape index (κ3) is 5.56. The molecule has 0 spiro atoms. The number of likely N-dealkylation sites (tertiary alicyclic amines) is 1. The van der Waals surface area contributed by atoms with E-state index in [4.69, 9.17) is 0 Å². The summed E-state index contributed by atoms with van der Waals surface area (Å²) in [5.41, 5.74) is 1.07. The predicted octanol–water partition coefficient (Wildman–Crippen LogP) is 4.11. The zero-order valence-corrected chi connectivity index (χ0v) is 16.8. The molecule has 0 saturated carbocycles. The number of aromatic amines is 1. The second-order valence-electron chi connectivity index (χ2n) is 7.77. The number of rotatable bonds is 5. The Morgan fingerprint density at radius 3 is 2.83 bits per heavy atom. The number of aromatic nitrogens is 3. The Morgan fingerprint density at radius 2 is 2.14 bits per heavy atom. The van der Waals surface area contributed by atoms with Crippen LogP contribution in [0.2, 0.25) is 0 Å². The van der Waals surface area contributed by atoms with Gasteiger partial charge in [-0.2, -0.15) is 18.3 Å². The molecule has 1 amide bonds. The summed E-state index contributed by atoms with van der Waals surface area (Å²) in [4.78, 5) is 17.1. The van der Waals surface area contributed by atoms with Crippen LogP contribution >= 0.6 is 0 Å². The molecule has 2 atom stereocenters. The molecule has 3 rings (SSSR count). The molecule has 1 aliphatic heterocycles. The third-order valence-electron chi connectivity index (χ3n) is 5.26. The maximum atomic E-state index is 13.1. The van der Waals surface area contributed by atoms with E-state index < -0.39 is 11.9 Å². The Balaban J connectivity index is 1.67. The van der Waals surface area contributed by atoms with Gasteiger partial charge in [0.15, 0.2) is 0 Å². The van der Waals surface area contributed by atoms with Gasteiger partial charge in [-0.1, -0.05) is 0 Å². The molecule has 0 aliphatic carbocycles. The van der Waals surface area contributed by atoms with E-state index >= 15 is 0 Å². The van der Waals surface area contributed by atoms with Gasteiger partial charge in [-0.3, -0.25) is 14.8 Å². The minimum atomic E-state index is -4.43. The zero-order chi connectivity index (χ0) is 21.2. The fraction of sp³-hybridized carbons (Fsp3) is 0.550. The summed E-state index contributed by atoms with van der Waals surface area (Å²) in [6.07, 6.45) is -1.88. The largest absolute Gasteiger partial charge is 0.433 e. The van der Waals surface area contributed by atoms with Crippen LogP contribution in [0, 0.1) is 12.8 Å². The first-order chi connectivity index (χ1) is 13.6. The van der Waals surface area contributed by atoms with Crippen molar-refractivity contribution in [3.05, 3.63) is 40.8 Å². The SMILES string of the molecule is CC(=O)Nc1cc(C(C)N2CCC[C@H](Cc3cc(C)nc(C(F)(F)F)c3)C2)n[nH]1. The molecule has 29 heavy (non-hydrogen) atoms. The van der Waals surface area contributed by atoms with Crippen LogP contribution in [0.4, 0.5) is 19.0 Å². The van der Waals surface area contributed by atoms with Crippen LogP contribution in [0.15, 0.2) is 18.2 Å². The van der Waals surface area contributed by atoms with Gasteiger partial charge in [0.25, 0.3) is 0 Å². The summed E-state index contributed by atoms with van der Waals surface area (Å²) in [6, 6.07) is 4.77. The molecule has 0 aromatic carbocycles. The molecule has 158 valence electrons. The van der Waals surface area contributed by atoms with E-state index in [9.17, 15) is 18.0 Å². The quantitative estimate of drug-likeness (QED) is 0.780. The van der Waals surface area contributed by atoms with E-state index in [1.165, 1.54) is 13.0 Å². The van der Waals surface area contributed by atoms with Crippen molar-refractivity contribution in [3.8, 4) is 0 Å². The molecule has 1 saturated heterocycles. The van der Waals surface area contributed by atoms with Crippen LogP contribution in [0.3, 0.4) is 0 Å². The molecule has 1 unspecified atom stereocenters. The van der Waals surface area contributed by atoms with Gasteiger partial charge >= 0.3 is 6.18 Å². The van der Waals surface area contributed by atoms with E-state index in [-0.39, 0.29) is 17.9 Å². The van der Waals surface area contributed by atoms with Crippen LogP contribution in [0.25, 0.3) is 0 Å². The number of alkyl halides is 3. The van der Waals surface area contributed by atoms with Gasteiger partial charge in [-0.15, -0.1) is 0 Å². The second-order valence-corrected chi connectivity index (χ2v) is 7.77. The van der Waals surface area contributed by atoms with Crippen LogP contribution in [-0.4, -0.2) is 39.1 Å². The van der Waals surface area contributed by atoms with Crippen LogP contribution < -0.4 is 5.32 Å². The molecule has 1 aliphatic rings. The van der Waals surface area contributed by atoms with Crippen molar-refractivity contribution in [1.29, 1.82) is 0 Å². The zero-order valence-electron chi connectivity index (χ0n) is 16.8. The lowest BCUT2D eigenvalue weighted by molar-refractivity contribution is -0.141. The van der Waals surface area contributed by atoms with Gasteiger partial charge in [-0.05, 0) is 63.3 Å². The van der Waals surface area contributed by atoms with Crippen LogP contribution in [0.5, 0.6) is 0 Å².